The second-order valence-corrected chi connectivity index (χ2v) is 10.8. The average molecular weight is 495 g/mol. The lowest BCUT2D eigenvalue weighted by molar-refractivity contribution is 0.0766. The van der Waals surface area contributed by atoms with Gasteiger partial charge in [0.05, 0.1) is 17.2 Å². The molecule has 6 rings (SSSR count). The van der Waals surface area contributed by atoms with Crippen LogP contribution < -0.4 is 0 Å². The molecule has 0 spiro atoms. The molecule has 3 aliphatic rings. The predicted octanol–water partition coefficient (Wildman–Crippen LogP) is 5.71. The smallest absolute Gasteiger partial charge is 0.256 e. The molecule has 0 radical (unpaired) electrons. The number of likely N-dealkylation sites (tertiary alicyclic amines) is 1. The van der Waals surface area contributed by atoms with Crippen molar-refractivity contribution in [2.24, 2.45) is 10.9 Å². The third kappa shape index (κ3) is 4.04. The van der Waals surface area contributed by atoms with E-state index in [-0.39, 0.29) is 17.2 Å². The van der Waals surface area contributed by atoms with Gasteiger partial charge in [0.25, 0.3) is 5.91 Å². The molecule has 1 aliphatic carbocycles. The van der Waals surface area contributed by atoms with Crippen molar-refractivity contribution in [3.63, 3.8) is 0 Å². The van der Waals surface area contributed by atoms with Crippen LogP contribution in [0.25, 0.3) is 16.5 Å². The largest absolute Gasteiger partial charge is 0.391 e. The summed E-state index contributed by atoms with van der Waals surface area (Å²) < 4.78 is 0. The minimum atomic E-state index is -0.427. The van der Waals surface area contributed by atoms with Gasteiger partial charge in [0.2, 0.25) is 0 Å². The Morgan fingerprint density at radius 3 is 2.70 bits per heavy atom. The van der Waals surface area contributed by atoms with Gasteiger partial charge in [0.1, 0.15) is 5.84 Å². The van der Waals surface area contributed by atoms with E-state index < -0.39 is 6.10 Å². The number of H-pyrrole nitrogens is 1. The number of rotatable bonds is 5. The van der Waals surface area contributed by atoms with Gasteiger partial charge in [-0.3, -0.25) is 10.2 Å². The highest BCUT2D eigenvalue weighted by atomic mass is 16.3. The molecular weight excluding hydrogens is 460 g/mol. The number of carbonyl (C=O) groups is 1. The van der Waals surface area contributed by atoms with Crippen LogP contribution in [0.1, 0.15) is 72.5 Å². The molecule has 1 saturated carbocycles. The van der Waals surface area contributed by atoms with E-state index in [0.29, 0.717) is 30.9 Å². The third-order valence-electron chi connectivity index (χ3n) is 8.73. The van der Waals surface area contributed by atoms with E-state index in [2.05, 4.69) is 59.5 Å². The first-order valence-corrected chi connectivity index (χ1v) is 13.5. The van der Waals surface area contributed by atoms with Crippen LogP contribution in [0, 0.1) is 11.3 Å². The highest BCUT2D eigenvalue weighted by Gasteiger charge is 2.42. The van der Waals surface area contributed by atoms with Gasteiger partial charge in [0, 0.05) is 42.2 Å². The van der Waals surface area contributed by atoms with Gasteiger partial charge in [-0.25, -0.2) is 4.99 Å². The first kappa shape index (κ1) is 23.9. The molecular formula is C31H34N4O2. The number of hydrogen-bond donors (Lipinski definition) is 3. The number of aromatic amines is 1. The number of amidine groups is 1. The molecule has 2 unspecified atom stereocenters. The second-order valence-electron chi connectivity index (χ2n) is 10.8. The van der Waals surface area contributed by atoms with Gasteiger partial charge in [-0.2, -0.15) is 0 Å². The maximum absolute atomic E-state index is 13.3. The highest BCUT2D eigenvalue weighted by Crippen LogP contribution is 2.51. The summed E-state index contributed by atoms with van der Waals surface area (Å²) in [7, 11) is 0. The third-order valence-corrected chi connectivity index (χ3v) is 8.73. The number of aromatic nitrogens is 1. The van der Waals surface area contributed by atoms with Crippen LogP contribution in [0.4, 0.5) is 0 Å². The number of para-hydroxylation sites is 1. The summed E-state index contributed by atoms with van der Waals surface area (Å²) in [4.78, 5) is 22.9. The SMILES string of the molecule is CCC1CC=C(c2ccc(C3(c4c[nH]c5c(C(=O)N6CCC(O)C6)cccc45)CCC3)cc2)C=NC1=N. The van der Waals surface area contributed by atoms with Crippen molar-refractivity contribution < 1.29 is 9.90 Å². The fraction of sp³-hybridized carbons (Fsp3) is 0.387. The molecule has 6 heteroatoms. The van der Waals surface area contributed by atoms with E-state index in [1.165, 1.54) is 17.5 Å². The lowest BCUT2D eigenvalue weighted by Gasteiger charge is -2.43. The molecule has 3 N–H and O–H groups in total. The Bertz CT molecular complexity index is 1410. The van der Waals surface area contributed by atoms with E-state index in [1.807, 2.05) is 18.3 Å². The number of aliphatic hydroxyl groups is 1. The number of aliphatic hydroxyl groups excluding tert-OH is 1. The molecule has 2 aliphatic heterocycles. The van der Waals surface area contributed by atoms with Gasteiger partial charge < -0.3 is 15.0 Å². The Hall–Kier alpha value is -3.51. The number of nitrogens with one attached hydrogen (secondary N) is 2. The molecule has 190 valence electrons. The van der Waals surface area contributed by atoms with Crippen LogP contribution in [0.5, 0.6) is 0 Å². The Balaban J connectivity index is 1.32. The summed E-state index contributed by atoms with van der Waals surface area (Å²) in [5.74, 6) is 0.650. The van der Waals surface area contributed by atoms with Gasteiger partial charge in [-0.1, -0.05) is 55.8 Å². The van der Waals surface area contributed by atoms with Crippen LogP contribution in [0.15, 0.2) is 59.7 Å². The number of aliphatic imine (C=N–C) groups is 1. The lowest BCUT2D eigenvalue weighted by Crippen LogP contribution is -2.35. The summed E-state index contributed by atoms with van der Waals surface area (Å²) in [6.45, 7) is 3.11. The van der Waals surface area contributed by atoms with Gasteiger partial charge in [-0.15, -0.1) is 0 Å². The fourth-order valence-corrected chi connectivity index (χ4v) is 6.28. The van der Waals surface area contributed by atoms with Crippen molar-refractivity contribution >= 4 is 34.4 Å². The quantitative estimate of drug-likeness (QED) is 0.424. The van der Waals surface area contributed by atoms with Gasteiger partial charge in [0.15, 0.2) is 0 Å². The molecule has 37 heavy (non-hydrogen) atoms. The summed E-state index contributed by atoms with van der Waals surface area (Å²) in [6.07, 6.45) is 11.5. The Kier molecular flexibility index (Phi) is 6.07. The molecule has 0 bridgehead atoms. The second kappa shape index (κ2) is 9.42. The van der Waals surface area contributed by atoms with Crippen molar-refractivity contribution in [2.75, 3.05) is 13.1 Å². The molecule has 2 aromatic carbocycles. The van der Waals surface area contributed by atoms with Crippen molar-refractivity contribution in [2.45, 2.75) is 57.0 Å². The van der Waals surface area contributed by atoms with E-state index in [4.69, 9.17) is 5.41 Å². The number of nitrogens with zero attached hydrogens (tertiary/aromatic N) is 2. The Morgan fingerprint density at radius 1 is 1.22 bits per heavy atom. The number of β-amino-alcohol motifs (C(OH)–C–C–N with tert-alkyl or cyclic N) is 1. The highest BCUT2D eigenvalue weighted by molar-refractivity contribution is 6.14. The summed E-state index contributed by atoms with van der Waals surface area (Å²) >= 11 is 0. The van der Waals surface area contributed by atoms with Crippen LogP contribution in [-0.2, 0) is 5.41 Å². The van der Waals surface area contributed by atoms with E-state index >= 15 is 0 Å². The van der Waals surface area contributed by atoms with Crippen LogP contribution in [0.2, 0.25) is 0 Å². The Morgan fingerprint density at radius 2 is 2.03 bits per heavy atom. The Labute approximate surface area is 217 Å². The molecule has 3 aromatic rings. The van der Waals surface area contributed by atoms with Crippen molar-refractivity contribution in [1.82, 2.24) is 9.88 Å². The lowest BCUT2D eigenvalue weighted by atomic mass is 9.60. The summed E-state index contributed by atoms with van der Waals surface area (Å²) in [5.41, 5.74) is 6.27. The summed E-state index contributed by atoms with van der Waals surface area (Å²) in [6, 6.07) is 14.9. The topological polar surface area (TPSA) is 92.5 Å². The summed E-state index contributed by atoms with van der Waals surface area (Å²) in [5, 5.41) is 19.2. The van der Waals surface area contributed by atoms with E-state index in [0.717, 1.165) is 47.7 Å². The standard InChI is InChI=1S/C31H34N4O2/c1-2-20-7-8-22(17-34-29(20)32)21-9-11-23(12-10-21)31(14-4-15-31)27-18-33-28-25(27)5-3-6-26(28)30(37)35-16-13-24(36)19-35/h3,5-6,8-12,17-18,20,24,32-33,36H,2,4,7,13-16,19H2,1H3. The monoisotopic (exact) mass is 494 g/mol. The minimum Gasteiger partial charge on any atom is -0.391 e. The van der Waals surface area contributed by atoms with Crippen molar-refractivity contribution in [1.29, 1.82) is 5.41 Å². The molecule has 2 fully saturated rings. The van der Waals surface area contributed by atoms with Gasteiger partial charge in [-0.05, 0) is 60.4 Å². The van der Waals surface area contributed by atoms with Crippen LogP contribution >= 0.6 is 0 Å². The zero-order valence-electron chi connectivity index (χ0n) is 21.3. The zero-order chi connectivity index (χ0) is 25.6. The van der Waals surface area contributed by atoms with Crippen molar-refractivity contribution in [3.8, 4) is 0 Å². The van der Waals surface area contributed by atoms with Crippen LogP contribution in [-0.4, -0.2) is 52.1 Å². The molecule has 6 nitrogen and oxygen atoms in total. The number of benzene rings is 2. The average Bonchev–Trinajstić information content (AvgIpc) is 3.47. The van der Waals surface area contributed by atoms with Gasteiger partial charge >= 0.3 is 0 Å². The fourth-order valence-electron chi connectivity index (χ4n) is 6.28. The zero-order valence-corrected chi connectivity index (χ0v) is 21.3. The first-order chi connectivity index (χ1) is 18.0. The first-order valence-electron chi connectivity index (χ1n) is 13.5. The minimum absolute atomic E-state index is 0.0145. The molecule has 3 heterocycles. The normalized spacial score (nSPS) is 23.1. The maximum atomic E-state index is 13.3. The number of hydrogen-bond acceptors (Lipinski definition) is 3. The molecule has 1 amide bonds. The van der Waals surface area contributed by atoms with Crippen LogP contribution in [0.3, 0.4) is 0 Å². The molecule has 1 aromatic heterocycles. The predicted molar refractivity (Wildman–Crippen MR) is 148 cm³/mol. The number of carbonyl (C=O) groups excluding carboxylic acids is 1. The number of amides is 1. The maximum Gasteiger partial charge on any atom is 0.256 e. The number of fused-ring (bicyclic) bond motifs is 1. The molecule has 2 atom stereocenters. The van der Waals surface area contributed by atoms with E-state index in [9.17, 15) is 9.90 Å². The molecule has 1 saturated heterocycles. The van der Waals surface area contributed by atoms with Crippen molar-refractivity contribution in [3.05, 3.63) is 77.0 Å². The number of allylic oxidation sites excluding steroid dienone is 2. The van der Waals surface area contributed by atoms with E-state index in [1.54, 1.807) is 4.90 Å².